The Morgan fingerprint density at radius 3 is 1.27 bits per heavy atom. The normalized spacial score (nSPS) is 54.9. The standard InChI is InChI=1S/C12H22O9S/c1-3-5(13)7(15)9(17)11(20-3)22(19)12-10(18)8(16)6(14)4(2)21-12/h3-18H,1-2H3/t3-,4-,5+,6+,7+,8+,9-,10-,11?,12?,22?/m1/s1. The van der Waals surface area contributed by atoms with E-state index < -0.39 is 70.5 Å². The SMILES string of the molecule is C[C@H]1OC(S(=O)C2O[C@H](C)[C@H](O)[C@H](O)[C@H]2O)[C@H](O)[C@@H](O)[C@H]1O. The smallest absolute Gasteiger partial charge is 0.164 e. The van der Waals surface area contributed by atoms with Crippen LogP contribution in [0.25, 0.3) is 0 Å². The van der Waals surface area contributed by atoms with Gasteiger partial charge in [-0.25, -0.2) is 0 Å². The molecule has 22 heavy (non-hydrogen) atoms. The van der Waals surface area contributed by atoms with Crippen molar-refractivity contribution in [3.05, 3.63) is 0 Å². The Balaban J connectivity index is 2.16. The molecule has 130 valence electrons. The minimum atomic E-state index is -2.15. The van der Waals surface area contributed by atoms with Crippen molar-refractivity contribution >= 4 is 10.8 Å². The lowest BCUT2D eigenvalue weighted by atomic mass is 10.0. The predicted molar refractivity (Wildman–Crippen MR) is 72.9 cm³/mol. The van der Waals surface area contributed by atoms with Crippen LogP contribution in [0.15, 0.2) is 0 Å². The van der Waals surface area contributed by atoms with Crippen LogP contribution in [0.2, 0.25) is 0 Å². The van der Waals surface area contributed by atoms with E-state index >= 15 is 0 Å². The van der Waals surface area contributed by atoms with Gasteiger partial charge in [-0.3, -0.25) is 4.21 Å². The summed E-state index contributed by atoms with van der Waals surface area (Å²) in [5, 5.41) is 58.5. The number of hydrogen-bond donors (Lipinski definition) is 6. The van der Waals surface area contributed by atoms with E-state index in [0.29, 0.717) is 0 Å². The Kier molecular flexibility index (Phi) is 5.58. The maximum atomic E-state index is 12.5. The molecule has 2 fully saturated rings. The van der Waals surface area contributed by atoms with Crippen molar-refractivity contribution < 1.29 is 44.3 Å². The first-order chi connectivity index (χ1) is 10.2. The molecule has 10 atom stereocenters. The fraction of sp³-hybridized carbons (Fsp3) is 1.00. The molecule has 0 radical (unpaired) electrons. The summed E-state index contributed by atoms with van der Waals surface area (Å²) in [5.41, 5.74) is -2.83. The van der Waals surface area contributed by atoms with Crippen molar-refractivity contribution in [1.82, 2.24) is 0 Å². The third-order valence-electron chi connectivity index (χ3n) is 4.07. The molecule has 2 unspecified atom stereocenters. The molecule has 10 heteroatoms. The number of ether oxygens (including phenoxy) is 2. The maximum Gasteiger partial charge on any atom is 0.164 e. The summed E-state index contributed by atoms with van der Waals surface area (Å²) < 4.78 is 23.0. The third-order valence-corrected chi connectivity index (χ3v) is 5.77. The number of aliphatic hydroxyl groups is 6. The zero-order valence-corrected chi connectivity index (χ0v) is 12.9. The van der Waals surface area contributed by atoms with Gasteiger partial charge in [-0.05, 0) is 13.8 Å². The second-order valence-corrected chi connectivity index (χ2v) is 7.28. The van der Waals surface area contributed by atoms with Crippen molar-refractivity contribution in [2.24, 2.45) is 0 Å². The van der Waals surface area contributed by atoms with Crippen LogP contribution < -0.4 is 0 Å². The lowest BCUT2D eigenvalue weighted by Crippen LogP contribution is -2.63. The largest absolute Gasteiger partial charge is 0.388 e. The minimum Gasteiger partial charge on any atom is -0.388 e. The van der Waals surface area contributed by atoms with Crippen LogP contribution in [0.5, 0.6) is 0 Å². The van der Waals surface area contributed by atoms with E-state index in [1.807, 2.05) is 0 Å². The van der Waals surface area contributed by atoms with Gasteiger partial charge in [0.2, 0.25) is 0 Å². The number of rotatable bonds is 2. The van der Waals surface area contributed by atoms with E-state index in [9.17, 15) is 34.8 Å². The van der Waals surface area contributed by atoms with Gasteiger partial charge >= 0.3 is 0 Å². The first-order valence-electron chi connectivity index (χ1n) is 6.95. The van der Waals surface area contributed by atoms with Crippen molar-refractivity contribution in [3.8, 4) is 0 Å². The highest BCUT2D eigenvalue weighted by atomic mass is 32.2. The molecule has 2 aliphatic rings. The van der Waals surface area contributed by atoms with Crippen LogP contribution in [-0.2, 0) is 20.3 Å². The fourth-order valence-electron chi connectivity index (χ4n) is 2.54. The van der Waals surface area contributed by atoms with Crippen LogP contribution >= 0.6 is 0 Å². The Hall–Kier alpha value is -0.170. The van der Waals surface area contributed by atoms with E-state index in [2.05, 4.69) is 0 Å². The van der Waals surface area contributed by atoms with E-state index in [4.69, 9.17) is 9.47 Å². The highest BCUT2D eigenvalue weighted by Crippen LogP contribution is 2.30. The second kappa shape index (κ2) is 6.75. The number of hydrogen-bond acceptors (Lipinski definition) is 9. The lowest BCUT2D eigenvalue weighted by Gasteiger charge is -2.43. The topological polar surface area (TPSA) is 157 Å². The first kappa shape index (κ1) is 18.2. The Bertz CT molecular complexity index is 385. The molecule has 2 aliphatic heterocycles. The van der Waals surface area contributed by atoms with Crippen LogP contribution in [0.1, 0.15) is 13.8 Å². The summed E-state index contributed by atoms with van der Waals surface area (Å²) in [7, 11) is -2.15. The van der Waals surface area contributed by atoms with Gasteiger partial charge < -0.3 is 40.1 Å². The van der Waals surface area contributed by atoms with E-state index in [1.165, 1.54) is 13.8 Å². The molecule has 0 saturated carbocycles. The Morgan fingerprint density at radius 2 is 0.955 bits per heavy atom. The van der Waals surface area contributed by atoms with Gasteiger partial charge in [-0.1, -0.05) is 0 Å². The summed E-state index contributed by atoms with van der Waals surface area (Å²) in [4.78, 5) is 0. The second-order valence-electron chi connectivity index (χ2n) is 5.69. The Labute approximate surface area is 129 Å². The fourth-order valence-corrected chi connectivity index (χ4v) is 4.25. The van der Waals surface area contributed by atoms with Crippen molar-refractivity contribution in [3.63, 3.8) is 0 Å². The van der Waals surface area contributed by atoms with Crippen molar-refractivity contribution in [2.45, 2.75) is 73.6 Å². The lowest BCUT2D eigenvalue weighted by molar-refractivity contribution is -0.204. The van der Waals surface area contributed by atoms with Gasteiger partial charge in [0.1, 0.15) is 36.6 Å². The quantitative estimate of drug-likeness (QED) is 0.298. The molecular formula is C12H22O9S. The van der Waals surface area contributed by atoms with E-state index in [1.54, 1.807) is 0 Å². The molecule has 6 N–H and O–H groups in total. The highest BCUT2D eigenvalue weighted by molar-refractivity contribution is 7.86. The van der Waals surface area contributed by atoms with Crippen LogP contribution in [0, 0.1) is 0 Å². The molecule has 0 bridgehead atoms. The average Bonchev–Trinajstić information content (AvgIpc) is 2.49. The van der Waals surface area contributed by atoms with Gasteiger partial charge in [0.15, 0.2) is 10.9 Å². The molecular weight excluding hydrogens is 320 g/mol. The summed E-state index contributed by atoms with van der Waals surface area (Å²) in [6.45, 7) is 2.87. The maximum absolute atomic E-state index is 12.5. The third kappa shape index (κ3) is 3.07. The van der Waals surface area contributed by atoms with Crippen LogP contribution in [0.4, 0.5) is 0 Å². The van der Waals surface area contributed by atoms with Gasteiger partial charge in [0.25, 0.3) is 0 Å². The zero-order valence-electron chi connectivity index (χ0n) is 12.1. The molecule has 2 heterocycles. The summed E-state index contributed by atoms with van der Waals surface area (Å²) in [6.07, 6.45) is -10.9. The zero-order chi connectivity index (χ0) is 16.8. The summed E-state index contributed by atoms with van der Waals surface area (Å²) in [5.74, 6) is 0. The molecule has 0 aromatic carbocycles. The average molecular weight is 342 g/mol. The van der Waals surface area contributed by atoms with Gasteiger partial charge in [0, 0.05) is 0 Å². The molecule has 0 aromatic heterocycles. The molecule has 0 amide bonds. The van der Waals surface area contributed by atoms with Crippen LogP contribution in [-0.4, -0.2) is 94.6 Å². The first-order valence-corrected chi connectivity index (χ1v) is 8.23. The molecule has 0 aliphatic carbocycles. The highest BCUT2D eigenvalue weighted by Gasteiger charge is 2.51. The summed E-state index contributed by atoms with van der Waals surface area (Å²) in [6, 6.07) is 0. The molecule has 0 spiro atoms. The van der Waals surface area contributed by atoms with E-state index in [0.717, 1.165) is 0 Å². The Morgan fingerprint density at radius 1 is 0.636 bits per heavy atom. The van der Waals surface area contributed by atoms with Gasteiger partial charge in [-0.2, -0.15) is 0 Å². The molecule has 2 rings (SSSR count). The van der Waals surface area contributed by atoms with Crippen molar-refractivity contribution in [1.29, 1.82) is 0 Å². The molecule has 0 aromatic rings. The van der Waals surface area contributed by atoms with Crippen LogP contribution in [0.3, 0.4) is 0 Å². The van der Waals surface area contributed by atoms with E-state index in [-0.39, 0.29) is 0 Å². The molecule has 2 saturated heterocycles. The summed E-state index contributed by atoms with van der Waals surface area (Å²) >= 11 is 0. The van der Waals surface area contributed by atoms with Crippen molar-refractivity contribution in [2.75, 3.05) is 0 Å². The van der Waals surface area contributed by atoms with Gasteiger partial charge in [0.05, 0.1) is 23.0 Å². The monoisotopic (exact) mass is 342 g/mol. The molecule has 9 nitrogen and oxygen atoms in total. The number of aliphatic hydroxyl groups excluding tert-OH is 6. The minimum absolute atomic E-state index is 0.888. The van der Waals surface area contributed by atoms with Gasteiger partial charge in [-0.15, -0.1) is 0 Å². The predicted octanol–water partition coefficient (Wildman–Crippen LogP) is -3.61.